The summed E-state index contributed by atoms with van der Waals surface area (Å²) in [5, 5.41) is 11.6. The monoisotopic (exact) mass is 319 g/mol. The number of nitrogens with one attached hydrogen (secondary N) is 1. The van der Waals surface area contributed by atoms with Gasteiger partial charge in [0.2, 0.25) is 5.76 Å². The molecule has 22 heavy (non-hydrogen) atoms. The molecule has 0 aromatic carbocycles. The molecule has 0 bridgehead atoms. The van der Waals surface area contributed by atoms with E-state index in [1.807, 2.05) is 6.07 Å². The fourth-order valence-electron chi connectivity index (χ4n) is 2.62. The smallest absolute Gasteiger partial charge is 0.371 e. The van der Waals surface area contributed by atoms with Crippen LogP contribution in [0, 0.1) is 0 Å². The summed E-state index contributed by atoms with van der Waals surface area (Å²) in [5.41, 5.74) is 1.30. The van der Waals surface area contributed by atoms with Crippen molar-refractivity contribution in [1.82, 2.24) is 5.32 Å². The van der Waals surface area contributed by atoms with Crippen molar-refractivity contribution in [3.63, 3.8) is 0 Å². The third-order valence-electron chi connectivity index (χ3n) is 3.77. The Labute approximate surface area is 132 Å². The number of thiophene rings is 1. The van der Waals surface area contributed by atoms with Crippen LogP contribution in [0.2, 0.25) is 0 Å². The van der Waals surface area contributed by atoms with Gasteiger partial charge in [-0.2, -0.15) is 0 Å². The summed E-state index contributed by atoms with van der Waals surface area (Å²) >= 11 is 1.57. The van der Waals surface area contributed by atoms with E-state index in [9.17, 15) is 9.59 Å². The normalized spacial score (nSPS) is 14.2. The van der Waals surface area contributed by atoms with Gasteiger partial charge in [0.15, 0.2) is 0 Å². The van der Waals surface area contributed by atoms with Crippen molar-refractivity contribution in [2.24, 2.45) is 0 Å². The zero-order valence-corrected chi connectivity index (χ0v) is 12.9. The van der Waals surface area contributed by atoms with Crippen LogP contribution >= 0.6 is 11.3 Å². The van der Waals surface area contributed by atoms with E-state index in [1.54, 1.807) is 17.4 Å². The second-order valence-corrected chi connectivity index (χ2v) is 6.51. The predicted molar refractivity (Wildman–Crippen MR) is 82.4 cm³/mol. The highest BCUT2D eigenvalue weighted by Crippen LogP contribution is 2.28. The van der Waals surface area contributed by atoms with Gasteiger partial charge in [0.05, 0.1) is 11.4 Å². The molecule has 116 valence electrons. The first-order valence-corrected chi connectivity index (χ1v) is 8.17. The summed E-state index contributed by atoms with van der Waals surface area (Å²) < 4.78 is 5.12. The van der Waals surface area contributed by atoms with Crippen LogP contribution in [0.15, 0.2) is 22.6 Å². The summed E-state index contributed by atoms with van der Waals surface area (Å²) in [6.45, 7) is 0.189. The van der Waals surface area contributed by atoms with Crippen molar-refractivity contribution in [1.29, 1.82) is 0 Å². The number of amides is 1. The van der Waals surface area contributed by atoms with Crippen molar-refractivity contribution in [3.8, 4) is 0 Å². The second-order valence-electron chi connectivity index (χ2n) is 5.37. The molecule has 0 unspecified atom stereocenters. The third-order valence-corrected chi connectivity index (χ3v) is 5.00. The lowest BCUT2D eigenvalue weighted by atomic mass is 10.1. The maximum absolute atomic E-state index is 12.2. The SMILES string of the molecule is O=C(O)c1ccc(CNC(=O)c2cc3c(s2)CCCCC3)o1. The molecule has 0 radical (unpaired) electrons. The number of hydrogen-bond acceptors (Lipinski definition) is 4. The minimum atomic E-state index is -1.11. The molecular formula is C16H17NO4S. The lowest BCUT2D eigenvalue weighted by Crippen LogP contribution is -2.21. The average molecular weight is 319 g/mol. The van der Waals surface area contributed by atoms with Crippen LogP contribution in [0.4, 0.5) is 0 Å². The molecule has 6 heteroatoms. The van der Waals surface area contributed by atoms with E-state index in [1.165, 1.54) is 35.8 Å². The highest BCUT2D eigenvalue weighted by Gasteiger charge is 2.17. The average Bonchev–Trinajstić information content (AvgIpc) is 3.07. The van der Waals surface area contributed by atoms with E-state index >= 15 is 0 Å². The molecular weight excluding hydrogens is 302 g/mol. The molecule has 0 saturated heterocycles. The number of aromatic carboxylic acids is 1. The van der Waals surface area contributed by atoms with Crippen LogP contribution in [-0.2, 0) is 19.4 Å². The molecule has 3 rings (SSSR count). The Morgan fingerprint density at radius 2 is 2.05 bits per heavy atom. The lowest BCUT2D eigenvalue weighted by Gasteiger charge is -2.00. The van der Waals surface area contributed by atoms with Gasteiger partial charge in [-0.1, -0.05) is 6.42 Å². The van der Waals surface area contributed by atoms with Gasteiger partial charge in [-0.15, -0.1) is 11.3 Å². The van der Waals surface area contributed by atoms with E-state index in [2.05, 4.69) is 5.32 Å². The number of carboxylic acid groups (broad SMARTS) is 1. The Kier molecular flexibility index (Phi) is 4.29. The Morgan fingerprint density at radius 1 is 1.23 bits per heavy atom. The summed E-state index contributed by atoms with van der Waals surface area (Å²) in [6, 6.07) is 4.94. The predicted octanol–water partition coefficient (Wildman–Crippen LogP) is 3.24. The van der Waals surface area contributed by atoms with Crippen LogP contribution in [0.5, 0.6) is 0 Å². The van der Waals surface area contributed by atoms with Gasteiger partial charge in [0.1, 0.15) is 5.76 Å². The Morgan fingerprint density at radius 3 is 2.82 bits per heavy atom. The number of carbonyl (C=O) groups excluding carboxylic acids is 1. The highest BCUT2D eigenvalue weighted by molar-refractivity contribution is 7.14. The van der Waals surface area contributed by atoms with E-state index in [0.717, 1.165) is 17.7 Å². The first kappa shape index (κ1) is 14.8. The fourth-order valence-corrected chi connectivity index (χ4v) is 3.79. The number of fused-ring (bicyclic) bond motifs is 1. The molecule has 0 saturated carbocycles. The summed E-state index contributed by atoms with van der Waals surface area (Å²) in [6.07, 6.45) is 5.76. The molecule has 1 amide bonds. The molecule has 5 nitrogen and oxygen atoms in total. The van der Waals surface area contributed by atoms with Crippen molar-refractivity contribution >= 4 is 23.2 Å². The fraction of sp³-hybridized carbons (Fsp3) is 0.375. The standard InChI is InChI=1S/C16H17NO4S/c18-15(17-9-11-6-7-12(21-11)16(19)20)14-8-10-4-2-1-3-5-13(10)22-14/h6-8H,1-5,9H2,(H,17,18)(H,19,20). The molecule has 0 spiro atoms. The molecule has 1 aliphatic rings. The molecule has 2 heterocycles. The molecule has 2 aromatic heterocycles. The summed E-state index contributed by atoms with van der Waals surface area (Å²) in [5.74, 6) is -0.929. The van der Waals surface area contributed by atoms with E-state index in [-0.39, 0.29) is 18.2 Å². The van der Waals surface area contributed by atoms with Crippen LogP contribution in [0.1, 0.15) is 55.7 Å². The Balaban J connectivity index is 1.63. The van der Waals surface area contributed by atoms with Gasteiger partial charge in [-0.05, 0) is 49.4 Å². The quantitative estimate of drug-likeness (QED) is 0.848. The minimum absolute atomic E-state index is 0.118. The van der Waals surface area contributed by atoms with Crippen molar-refractivity contribution in [2.45, 2.75) is 38.6 Å². The molecule has 0 fully saturated rings. The molecule has 2 aromatic rings. The summed E-state index contributed by atoms with van der Waals surface area (Å²) in [4.78, 5) is 25.0. The molecule has 0 atom stereocenters. The van der Waals surface area contributed by atoms with Crippen molar-refractivity contribution in [3.05, 3.63) is 45.0 Å². The minimum Gasteiger partial charge on any atom is -0.475 e. The second kappa shape index (κ2) is 6.36. The van der Waals surface area contributed by atoms with Crippen LogP contribution in [-0.4, -0.2) is 17.0 Å². The number of rotatable bonds is 4. The first-order valence-electron chi connectivity index (χ1n) is 7.35. The van der Waals surface area contributed by atoms with Gasteiger partial charge in [0.25, 0.3) is 5.91 Å². The van der Waals surface area contributed by atoms with Crippen molar-refractivity contribution in [2.75, 3.05) is 0 Å². The van der Waals surface area contributed by atoms with Gasteiger partial charge < -0.3 is 14.8 Å². The maximum Gasteiger partial charge on any atom is 0.371 e. The van der Waals surface area contributed by atoms with Crippen LogP contribution in [0.25, 0.3) is 0 Å². The zero-order chi connectivity index (χ0) is 15.5. The lowest BCUT2D eigenvalue weighted by molar-refractivity contribution is 0.0660. The van der Waals surface area contributed by atoms with Gasteiger partial charge >= 0.3 is 5.97 Å². The molecule has 0 aliphatic heterocycles. The number of hydrogen-bond donors (Lipinski definition) is 2. The molecule has 2 N–H and O–H groups in total. The first-order chi connectivity index (χ1) is 10.6. The van der Waals surface area contributed by atoms with E-state index < -0.39 is 5.97 Å². The third kappa shape index (κ3) is 3.22. The Bertz CT molecular complexity index is 677. The maximum atomic E-state index is 12.2. The number of carbonyl (C=O) groups is 2. The zero-order valence-electron chi connectivity index (χ0n) is 12.1. The van der Waals surface area contributed by atoms with Gasteiger partial charge in [-0.25, -0.2) is 4.79 Å². The topological polar surface area (TPSA) is 79.5 Å². The van der Waals surface area contributed by atoms with E-state index in [0.29, 0.717) is 5.76 Å². The van der Waals surface area contributed by atoms with E-state index in [4.69, 9.17) is 9.52 Å². The number of carboxylic acids is 1. The van der Waals surface area contributed by atoms with Crippen molar-refractivity contribution < 1.29 is 19.1 Å². The Hall–Kier alpha value is -2.08. The van der Waals surface area contributed by atoms with Crippen LogP contribution < -0.4 is 5.32 Å². The number of furan rings is 1. The number of aryl methyl sites for hydroxylation is 2. The molecule has 1 aliphatic carbocycles. The largest absolute Gasteiger partial charge is 0.475 e. The van der Waals surface area contributed by atoms with Crippen LogP contribution in [0.3, 0.4) is 0 Å². The van der Waals surface area contributed by atoms with Gasteiger partial charge in [0, 0.05) is 4.88 Å². The van der Waals surface area contributed by atoms with Gasteiger partial charge in [-0.3, -0.25) is 4.79 Å². The highest BCUT2D eigenvalue weighted by atomic mass is 32.1. The summed E-state index contributed by atoms with van der Waals surface area (Å²) in [7, 11) is 0.